The number of hydrogen-bond acceptors (Lipinski definition) is 6. The second-order valence-electron chi connectivity index (χ2n) is 11.5. The van der Waals surface area contributed by atoms with Gasteiger partial charge in [-0.25, -0.2) is 0 Å². The lowest BCUT2D eigenvalue weighted by Gasteiger charge is -2.32. The summed E-state index contributed by atoms with van der Waals surface area (Å²) in [6, 6.07) is 16.0. The van der Waals surface area contributed by atoms with Crippen molar-refractivity contribution >= 4 is 29.1 Å². The summed E-state index contributed by atoms with van der Waals surface area (Å²) in [5.74, 6) is 1.60. The van der Waals surface area contributed by atoms with Crippen LogP contribution in [0.1, 0.15) is 74.8 Å². The second-order valence-corrected chi connectivity index (χ2v) is 11.9. The lowest BCUT2D eigenvalue weighted by atomic mass is 10.1. The number of benzene rings is 2. The first-order valence-electron chi connectivity index (χ1n) is 14.8. The molecule has 0 spiro atoms. The van der Waals surface area contributed by atoms with E-state index in [1.165, 1.54) is 5.56 Å². The van der Waals surface area contributed by atoms with Crippen molar-refractivity contribution in [3.8, 4) is 0 Å². The van der Waals surface area contributed by atoms with Crippen LogP contribution in [0, 0.1) is 5.92 Å². The third-order valence-corrected chi connectivity index (χ3v) is 8.05. The number of halogens is 1. The van der Waals surface area contributed by atoms with Crippen LogP contribution >= 0.6 is 11.6 Å². The Labute approximate surface area is 247 Å². The minimum atomic E-state index is 0.0467. The number of fused-ring (bicyclic) bond motifs is 1. The number of para-hydroxylation sites is 1. The first-order valence-corrected chi connectivity index (χ1v) is 15.2. The van der Waals surface area contributed by atoms with Crippen LogP contribution in [0.15, 0.2) is 52.9 Å². The van der Waals surface area contributed by atoms with Gasteiger partial charge in [0.25, 0.3) is 0 Å². The molecule has 2 aliphatic rings. The zero-order valence-electron chi connectivity index (χ0n) is 24.1. The molecule has 2 amide bonds. The molecule has 218 valence electrons. The number of hydrogen-bond donors (Lipinski definition) is 0. The SMILES string of the molecule is CC(C)c1nnc(CCC(=O)N2CCCN(Cc3ccc(Cl)cc3)CCCN(C(=O)C3CC3)c3ccccc3C2)o1. The van der Waals surface area contributed by atoms with Crippen molar-refractivity contribution in [2.75, 3.05) is 31.1 Å². The highest BCUT2D eigenvalue weighted by Crippen LogP contribution is 2.34. The Morgan fingerprint density at radius 3 is 2.41 bits per heavy atom. The van der Waals surface area contributed by atoms with Crippen molar-refractivity contribution in [1.29, 1.82) is 0 Å². The molecule has 8 nitrogen and oxygen atoms in total. The maximum atomic E-state index is 13.6. The number of carbonyl (C=O) groups excluding carboxylic acids is 2. The molecule has 0 atom stereocenters. The van der Waals surface area contributed by atoms with Gasteiger partial charge in [0.2, 0.25) is 23.6 Å². The van der Waals surface area contributed by atoms with E-state index in [4.69, 9.17) is 16.0 Å². The van der Waals surface area contributed by atoms with Crippen molar-refractivity contribution in [2.45, 2.75) is 71.4 Å². The molecule has 41 heavy (non-hydrogen) atoms. The molecule has 5 rings (SSSR count). The molecule has 2 aromatic carbocycles. The maximum Gasteiger partial charge on any atom is 0.230 e. The van der Waals surface area contributed by atoms with Crippen LogP contribution in [0.3, 0.4) is 0 Å². The highest BCUT2D eigenvalue weighted by Gasteiger charge is 2.35. The van der Waals surface area contributed by atoms with Crippen molar-refractivity contribution in [3.05, 3.63) is 76.5 Å². The van der Waals surface area contributed by atoms with E-state index in [1.54, 1.807) is 0 Å². The second kappa shape index (κ2) is 13.6. The molecule has 3 aromatic rings. The topological polar surface area (TPSA) is 82.8 Å². The molecule has 1 aliphatic heterocycles. The van der Waals surface area contributed by atoms with Gasteiger partial charge in [0, 0.05) is 74.7 Å². The summed E-state index contributed by atoms with van der Waals surface area (Å²) in [6.07, 6.45) is 4.35. The summed E-state index contributed by atoms with van der Waals surface area (Å²) in [4.78, 5) is 33.4. The summed E-state index contributed by atoms with van der Waals surface area (Å²) < 4.78 is 5.75. The Hall–Kier alpha value is -3.23. The van der Waals surface area contributed by atoms with Crippen molar-refractivity contribution in [1.82, 2.24) is 20.0 Å². The number of amides is 2. The van der Waals surface area contributed by atoms with Gasteiger partial charge in [-0.3, -0.25) is 14.5 Å². The summed E-state index contributed by atoms with van der Waals surface area (Å²) in [5.41, 5.74) is 3.13. The Kier molecular flexibility index (Phi) is 9.72. The van der Waals surface area contributed by atoms with Gasteiger partial charge < -0.3 is 14.2 Å². The van der Waals surface area contributed by atoms with Crippen LogP contribution in [0.4, 0.5) is 5.69 Å². The number of rotatable bonds is 7. The van der Waals surface area contributed by atoms with Crippen molar-refractivity contribution in [3.63, 3.8) is 0 Å². The predicted molar refractivity (Wildman–Crippen MR) is 160 cm³/mol. The molecule has 1 aliphatic carbocycles. The van der Waals surface area contributed by atoms with Gasteiger partial charge in [-0.2, -0.15) is 0 Å². The molecular formula is C32H40ClN5O3. The number of carbonyl (C=O) groups is 2. The molecule has 0 bridgehead atoms. The third-order valence-electron chi connectivity index (χ3n) is 7.80. The summed E-state index contributed by atoms with van der Waals surface area (Å²) >= 11 is 6.12. The predicted octanol–water partition coefficient (Wildman–Crippen LogP) is 5.85. The standard InChI is InChI=1S/C32H40ClN5O3/c1-23(2)31-35-34-29(41-31)15-16-30(39)37-19-5-17-36(21-24-9-13-27(33)14-10-24)18-6-20-38(32(40)25-11-12-25)28-8-4-3-7-26(28)22-37/h3-4,7-10,13-14,23,25H,5-6,11-12,15-22H2,1-2H3. The van der Waals surface area contributed by atoms with Gasteiger partial charge in [-0.1, -0.05) is 55.8 Å². The fraction of sp³-hybridized carbons (Fsp3) is 0.500. The minimum absolute atomic E-state index is 0.0467. The fourth-order valence-electron chi connectivity index (χ4n) is 5.33. The molecule has 1 fully saturated rings. The molecule has 0 N–H and O–H groups in total. The zero-order valence-corrected chi connectivity index (χ0v) is 24.9. The van der Waals surface area contributed by atoms with E-state index >= 15 is 0 Å². The molecule has 2 heterocycles. The normalized spacial score (nSPS) is 17.2. The highest BCUT2D eigenvalue weighted by atomic mass is 35.5. The third kappa shape index (κ3) is 7.95. The van der Waals surface area contributed by atoms with E-state index < -0.39 is 0 Å². The van der Waals surface area contributed by atoms with Crippen LogP contribution < -0.4 is 4.90 Å². The van der Waals surface area contributed by atoms with E-state index in [2.05, 4.69) is 27.2 Å². The fourth-order valence-corrected chi connectivity index (χ4v) is 5.46. The molecule has 0 saturated heterocycles. The molecule has 9 heteroatoms. The summed E-state index contributed by atoms with van der Waals surface area (Å²) in [6.45, 7) is 8.27. The summed E-state index contributed by atoms with van der Waals surface area (Å²) in [5, 5.41) is 8.97. The lowest BCUT2D eigenvalue weighted by Crippen LogP contribution is -2.39. The molecule has 0 unspecified atom stereocenters. The monoisotopic (exact) mass is 577 g/mol. The lowest BCUT2D eigenvalue weighted by molar-refractivity contribution is -0.132. The number of aryl methyl sites for hydroxylation is 1. The molecular weight excluding hydrogens is 538 g/mol. The first-order chi connectivity index (χ1) is 19.9. The Balaban J connectivity index is 1.36. The van der Waals surface area contributed by atoms with Crippen LogP contribution in [-0.2, 0) is 29.1 Å². The zero-order chi connectivity index (χ0) is 28.8. The van der Waals surface area contributed by atoms with E-state index in [-0.39, 0.29) is 23.7 Å². The Bertz CT molecular complexity index is 1320. The summed E-state index contributed by atoms with van der Waals surface area (Å²) in [7, 11) is 0. The van der Waals surface area contributed by atoms with Gasteiger partial charge >= 0.3 is 0 Å². The molecule has 0 radical (unpaired) electrons. The van der Waals surface area contributed by atoms with Crippen LogP contribution in [0.5, 0.6) is 0 Å². The van der Waals surface area contributed by atoms with Crippen LogP contribution in [0.2, 0.25) is 5.02 Å². The van der Waals surface area contributed by atoms with Gasteiger partial charge in [-0.15, -0.1) is 10.2 Å². The van der Waals surface area contributed by atoms with Crippen LogP contribution in [0.25, 0.3) is 0 Å². The first kappa shape index (κ1) is 29.3. The molecule has 1 saturated carbocycles. The number of anilines is 1. The van der Waals surface area contributed by atoms with Crippen LogP contribution in [-0.4, -0.2) is 58.0 Å². The number of aromatic nitrogens is 2. The molecule has 1 aromatic heterocycles. The minimum Gasteiger partial charge on any atom is -0.425 e. The average Bonchev–Trinajstić information content (AvgIpc) is 3.70. The van der Waals surface area contributed by atoms with Gasteiger partial charge in [-0.05, 0) is 55.0 Å². The van der Waals surface area contributed by atoms with E-state index in [0.29, 0.717) is 44.3 Å². The smallest absolute Gasteiger partial charge is 0.230 e. The van der Waals surface area contributed by atoms with Crippen molar-refractivity contribution in [2.24, 2.45) is 5.92 Å². The van der Waals surface area contributed by atoms with E-state index in [0.717, 1.165) is 61.6 Å². The maximum absolute atomic E-state index is 13.6. The van der Waals surface area contributed by atoms with Gasteiger partial charge in [0.05, 0.1) is 0 Å². The van der Waals surface area contributed by atoms with Crippen molar-refractivity contribution < 1.29 is 14.0 Å². The highest BCUT2D eigenvalue weighted by molar-refractivity contribution is 6.30. The average molecular weight is 578 g/mol. The van der Waals surface area contributed by atoms with E-state index in [1.807, 2.05) is 60.0 Å². The largest absolute Gasteiger partial charge is 0.425 e. The quantitative estimate of drug-likeness (QED) is 0.350. The Morgan fingerprint density at radius 2 is 1.71 bits per heavy atom. The number of nitrogens with zero attached hydrogens (tertiary/aromatic N) is 5. The van der Waals surface area contributed by atoms with Gasteiger partial charge in [0.15, 0.2) is 0 Å². The van der Waals surface area contributed by atoms with E-state index in [9.17, 15) is 9.59 Å². The van der Waals surface area contributed by atoms with Gasteiger partial charge in [0.1, 0.15) is 0 Å². The Morgan fingerprint density at radius 1 is 0.976 bits per heavy atom.